The summed E-state index contributed by atoms with van der Waals surface area (Å²) < 4.78 is 6.36. The normalized spacial score (nSPS) is 10.3. The topological polar surface area (TPSA) is 47.3 Å². The lowest BCUT2D eigenvalue weighted by atomic mass is 10.2. The van der Waals surface area contributed by atoms with E-state index in [1.54, 1.807) is 0 Å². The Labute approximate surface area is 125 Å². The van der Waals surface area contributed by atoms with Crippen LogP contribution in [0.25, 0.3) is 0 Å². The zero-order chi connectivity index (χ0) is 13.8. The zero-order valence-corrected chi connectivity index (χ0v) is 12.8. The van der Waals surface area contributed by atoms with E-state index in [0.717, 1.165) is 15.8 Å². The van der Waals surface area contributed by atoms with Crippen molar-refractivity contribution in [3.8, 4) is 5.75 Å². The molecule has 100 valence electrons. The van der Waals surface area contributed by atoms with Crippen LogP contribution in [0.1, 0.15) is 6.92 Å². The van der Waals surface area contributed by atoms with Crippen molar-refractivity contribution in [2.75, 3.05) is 17.7 Å². The maximum Gasteiger partial charge on any atom is 0.144 e. The van der Waals surface area contributed by atoms with Crippen molar-refractivity contribution in [1.29, 1.82) is 0 Å². The summed E-state index contributed by atoms with van der Waals surface area (Å²) in [6.45, 7) is 2.51. The molecular weight excluding hydrogens is 328 g/mol. The minimum atomic E-state index is 0.582. The summed E-state index contributed by atoms with van der Waals surface area (Å²) in [6, 6.07) is 11.2. The van der Waals surface area contributed by atoms with Crippen molar-refractivity contribution in [3.05, 3.63) is 45.9 Å². The lowest BCUT2D eigenvalue weighted by Gasteiger charge is -2.12. The predicted molar refractivity (Wildman–Crippen MR) is 84.5 cm³/mol. The molecular formula is C14H14BrClN2O. The van der Waals surface area contributed by atoms with E-state index in [9.17, 15) is 0 Å². The molecule has 0 atom stereocenters. The Morgan fingerprint density at radius 3 is 2.74 bits per heavy atom. The number of nitrogens with two attached hydrogens (primary N) is 1. The summed E-state index contributed by atoms with van der Waals surface area (Å²) in [5.74, 6) is 0.678. The Morgan fingerprint density at radius 1 is 1.26 bits per heavy atom. The lowest BCUT2D eigenvalue weighted by Crippen LogP contribution is -1.98. The maximum absolute atomic E-state index is 5.91. The van der Waals surface area contributed by atoms with Gasteiger partial charge in [-0.25, -0.2) is 0 Å². The van der Waals surface area contributed by atoms with E-state index in [4.69, 9.17) is 22.1 Å². The number of hydrogen-bond acceptors (Lipinski definition) is 3. The van der Waals surface area contributed by atoms with E-state index in [2.05, 4.69) is 21.2 Å². The minimum Gasteiger partial charge on any atom is -0.492 e. The molecule has 0 bridgehead atoms. The van der Waals surface area contributed by atoms with Crippen molar-refractivity contribution in [2.24, 2.45) is 0 Å². The van der Waals surface area contributed by atoms with Crippen LogP contribution in [-0.4, -0.2) is 6.61 Å². The lowest BCUT2D eigenvalue weighted by molar-refractivity contribution is 0.342. The van der Waals surface area contributed by atoms with Gasteiger partial charge in [0.05, 0.1) is 18.0 Å². The van der Waals surface area contributed by atoms with Crippen LogP contribution in [-0.2, 0) is 0 Å². The number of nitrogens with one attached hydrogen (secondary N) is 1. The van der Waals surface area contributed by atoms with Gasteiger partial charge in [-0.05, 0) is 53.2 Å². The Bertz CT molecular complexity index is 590. The number of rotatable bonds is 4. The molecule has 0 aliphatic rings. The fourth-order valence-corrected chi connectivity index (χ4v) is 2.42. The second-order valence-electron chi connectivity index (χ2n) is 3.93. The van der Waals surface area contributed by atoms with Crippen molar-refractivity contribution in [2.45, 2.75) is 6.92 Å². The summed E-state index contributed by atoms with van der Waals surface area (Å²) in [7, 11) is 0. The van der Waals surface area contributed by atoms with Crippen molar-refractivity contribution in [1.82, 2.24) is 0 Å². The number of ether oxygens (including phenoxy) is 1. The first-order valence-electron chi connectivity index (χ1n) is 5.84. The molecule has 0 fully saturated rings. The van der Waals surface area contributed by atoms with E-state index in [0.29, 0.717) is 23.1 Å². The molecule has 0 spiro atoms. The minimum absolute atomic E-state index is 0.582. The van der Waals surface area contributed by atoms with Crippen LogP contribution in [0, 0.1) is 0 Å². The Morgan fingerprint density at radius 2 is 2.05 bits per heavy atom. The van der Waals surface area contributed by atoms with Gasteiger partial charge in [0.25, 0.3) is 0 Å². The Kier molecular flexibility index (Phi) is 4.56. The summed E-state index contributed by atoms with van der Waals surface area (Å²) in [4.78, 5) is 0. The van der Waals surface area contributed by atoms with Crippen molar-refractivity contribution < 1.29 is 4.74 Å². The van der Waals surface area contributed by atoms with Crippen LogP contribution in [0.5, 0.6) is 5.75 Å². The van der Waals surface area contributed by atoms with Gasteiger partial charge in [0.2, 0.25) is 0 Å². The van der Waals surface area contributed by atoms with Gasteiger partial charge < -0.3 is 15.8 Å². The average molecular weight is 342 g/mol. The molecule has 0 aromatic heterocycles. The Balaban J connectivity index is 2.25. The highest BCUT2D eigenvalue weighted by Gasteiger charge is 2.05. The summed E-state index contributed by atoms with van der Waals surface area (Å²) >= 11 is 9.38. The van der Waals surface area contributed by atoms with Gasteiger partial charge >= 0.3 is 0 Å². The third kappa shape index (κ3) is 3.55. The molecule has 0 saturated carbocycles. The predicted octanol–water partition coefficient (Wildman–Crippen LogP) is 4.83. The van der Waals surface area contributed by atoms with Gasteiger partial charge in [-0.15, -0.1) is 0 Å². The fourth-order valence-electron chi connectivity index (χ4n) is 1.64. The molecule has 5 heteroatoms. The van der Waals surface area contributed by atoms with Gasteiger partial charge in [-0.3, -0.25) is 0 Å². The van der Waals surface area contributed by atoms with Gasteiger partial charge in [0, 0.05) is 21.2 Å². The standard InChI is InChI=1S/C14H14BrClN2O/c1-2-19-14-8-10(4-5-12(14)17)18-13-6-3-9(16)7-11(13)15/h3-8,18H,2,17H2,1H3. The summed E-state index contributed by atoms with van der Waals surface area (Å²) in [6.07, 6.45) is 0. The molecule has 2 aromatic carbocycles. The highest BCUT2D eigenvalue weighted by molar-refractivity contribution is 9.10. The van der Waals surface area contributed by atoms with Crippen LogP contribution in [0.2, 0.25) is 5.02 Å². The molecule has 0 saturated heterocycles. The van der Waals surface area contributed by atoms with E-state index >= 15 is 0 Å². The third-order valence-corrected chi connectivity index (χ3v) is 3.41. The number of halogens is 2. The average Bonchev–Trinajstić information content (AvgIpc) is 2.37. The van der Waals surface area contributed by atoms with E-state index in [1.807, 2.05) is 43.3 Å². The molecule has 2 rings (SSSR count). The van der Waals surface area contributed by atoms with E-state index in [-0.39, 0.29) is 0 Å². The number of nitrogen functional groups attached to an aromatic ring is 1. The number of benzene rings is 2. The first kappa shape index (κ1) is 14.0. The van der Waals surface area contributed by atoms with Crippen LogP contribution in [0.15, 0.2) is 40.9 Å². The largest absolute Gasteiger partial charge is 0.492 e. The van der Waals surface area contributed by atoms with Crippen LogP contribution >= 0.6 is 27.5 Å². The molecule has 2 aromatic rings. The smallest absolute Gasteiger partial charge is 0.144 e. The molecule has 0 aliphatic heterocycles. The molecule has 0 heterocycles. The van der Waals surface area contributed by atoms with Crippen LogP contribution < -0.4 is 15.8 Å². The highest BCUT2D eigenvalue weighted by atomic mass is 79.9. The molecule has 0 aliphatic carbocycles. The van der Waals surface area contributed by atoms with Crippen LogP contribution in [0.4, 0.5) is 17.1 Å². The first-order chi connectivity index (χ1) is 9.10. The fraction of sp³-hybridized carbons (Fsp3) is 0.143. The highest BCUT2D eigenvalue weighted by Crippen LogP contribution is 2.31. The molecule has 0 amide bonds. The molecule has 19 heavy (non-hydrogen) atoms. The van der Waals surface area contributed by atoms with Crippen molar-refractivity contribution >= 4 is 44.6 Å². The first-order valence-corrected chi connectivity index (χ1v) is 7.01. The van der Waals surface area contributed by atoms with Gasteiger partial charge in [0.1, 0.15) is 5.75 Å². The quantitative estimate of drug-likeness (QED) is 0.783. The monoisotopic (exact) mass is 340 g/mol. The second kappa shape index (κ2) is 6.17. The molecule has 3 nitrogen and oxygen atoms in total. The summed E-state index contributed by atoms with van der Waals surface area (Å²) in [5.41, 5.74) is 8.30. The Hall–Kier alpha value is -1.39. The SMILES string of the molecule is CCOc1cc(Nc2ccc(Cl)cc2Br)ccc1N. The van der Waals surface area contributed by atoms with E-state index < -0.39 is 0 Å². The second-order valence-corrected chi connectivity index (χ2v) is 5.23. The molecule has 3 N–H and O–H groups in total. The van der Waals surface area contributed by atoms with E-state index in [1.165, 1.54) is 0 Å². The number of anilines is 3. The number of hydrogen-bond donors (Lipinski definition) is 2. The van der Waals surface area contributed by atoms with Gasteiger partial charge in [-0.2, -0.15) is 0 Å². The van der Waals surface area contributed by atoms with Crippen LogP contribution in [0.3, 0.4) is 0 Å². The molecule has 0 radical (unpaired) electrons. The van der Waals surface area contributed by atoms with Crippen molar-refractivity contribution in [3.63, 3.8) is 0 Å². The molecule has 0 unspecified atom stereocenters. The maximum atomic E-state index is 5.91. The zero-order valence-electron chi connectivity index (χ0n) is 10.4. The third-order valence-electron chi connectivity index (χ3n) is 2.52. The van der Waals surface area contributed by atoms with Gasteiger partial charge in [-0.1, -0.05) is 11.6 Å². The van der Waals surface area contributed by atoms with Gasteiger partial charge in [0.15, 0.2) is 0 Å². The summed E-state index contributed by atoms with van der Waals surface area (Å²) in [5, 5.41) is 3.97.